The van der Waals surface area contributed by atoms with Crippen molar-refractivity contribution in [3.05, 3.63) is 42.0 Å². The van der Waals surface area contributed by atoms with Gasteiger partial charge in [0.2, 0.25) is 17.7 Å². The molecule has 0 spiro atoms. The molecule has 1 saturated carbocycles. The van der Waals surface area contributed by atoms with Gasteiger partial charge in [-0.05, 0) is 42.5 Å². The molecular formula is C23H25N3O5. The van der Waals surface area contributed by atoms with E-state index in [1.54, 1.807) is 41.2 Å². The summed E-state index contributed by atoms with van der Waals surface area (Å²) in [5, 5.41) is 0. The van der Waals surface area contributed by atoms with Gasteiger partial charge in [-0.1, -0.05) is 12.2 Å². The van der Waals surface area contributed by atoms with Gasteiger partial charge in [-0.15, -0.1) is 0 Å². The molecule has 4 aliphatic rings. The van der Waals surface area contributed by atoms with Crippen LogP contribution in [-0.2, 0) is 14.4 Å². The van der Waals surface area contributed by atoms with Gasteiger partial charge in [0.1, 0.15) is 12.3 Å². The maximum Gasteiger partial charge on any atom is 0.253 e. The minimum absolute atomic E-state index is 0.0875. The van der Waals surface area contributed by atoms with Gasteiger partial charge in [0.05, 0.1) is 18.9 Å². The van der Waals surface area contributed by atoms with E-state index < -0.39 is 0 Å². The fourth-order valence-electron chi connectivity index (χ4n) is 5.43. The van der Waals surface area contributed by atoms with Crippen molar-refractivity contribution in [3.63, 3.8) is 0 Å². The number of nitrogens with zero attached hydrogens (tertiary/aromatic N) is 3. The van der Waals surface area contributed by atoms with E-state index >= 15 is 0 Å². The molecule has 2 bridgehead atoms. The van der Waals surface area contributed by atoms with Crippen LogP contribution in [0, 0.1) is 23.7 Å². The largest absolute Gasteiger partial charge is 0.497 e. The van der Waals surface area contributed by atoms with E-state index in [1.165, 1.54) is 4.90 Å². The number of likely N-dealkylation sites (tertiary alicyclic amines) is 1. The molecule has 8 nitrogen and oxygen atoms in total. The van der Waals surface area contributed by atoms with Crippen LogP contribution >= 0.6 is 0 Å². The third-order valence-corrected chi connectivity index (χ3v) is 7.11. The van der Waals surface area contributed by atoms with Crippen molar-refractivity contribution >= 4 is 23.6 Å². The number of allylic oxidation sites excluding steroid dienone is 2. The number of ether oxygens (including phenoxy) is 1. The lowest BCUT2D eigenvalue weighted by molar-refractivity contribution is -0.147. The van der Waals surface area contributed by atoms with Crippen LogP contribution < -0.4 is 4.74 Å². The van der Waals surface area contributed by atoms with Gasteiger partial charge in [-0.25, -0.2) is 0 Å². The number of piperazine rings is 1. The van der Waals surface area contributed by atoms with Crippen LogP contribution in [0.2, 0.25) is 0 Å². The number of imide groups is 1. The number of methoxy groups -OCH3 is 1. The summed E-state index contributed by atoms with van der Waals surface area (Å²) >= 11 is 0. The third-order valence-electron chi connectivity index (χ3n) is 7.11. The number of rotatable bonds is 4. The Labute approximate surface area is 180 Å². The Morgan fingerprint density at radius 3 is 2.00 bits per heavy atom. The number of carbonyl (C=O) groups is 4. The molecule has 31 heavy (non-hydrogen) atoms. The number of benzene rings is 1. The second-order valence-corrected chi connectivity index (χ2v) is 8.66. The number of carbonyl (C=O) groups excluding carboxylic acids is 4. The topological polar surface area (TPSA) is 87.2 Å². The normalized spacial score (nSPS) is 29.0. The fourth-order valence-corrected chi connectivity index (χ4v) is 5.43. The van der Waals surface area contributed by atoms with Crippen molar-refractivity contribution in [1.82, 2.24) is 14.7 Å². The summed E-state index contributed by atoms with van der Waals surface area (Å²) in [7, 11) is 1.57. The van der Waals surface area contributed by atoms with Gasteiger partial charge >= 0.3 is 0 Å². The highest BCUT2D eigenvalue weighted by Gasteiger charge is 2.59. The van der Waals surface area contributed by atoms with Gasteiger partial charge in [0, 0.05) is 31.7 Å². The summed E-state index contributed by atoms with van der Waals surface area (Å²) in [5.41, 5.74) is 0.573. The average Bonchev–Trinajstić information content (AvgIpc) is 3.49. The summed E-state index contributed by atoms with van der Waals surface area (Å²) in [6.07, 6.45) is 4.96. The molecule has 4 unspecified atom stereocenters. The predicted octanol–water partition coefficient (Wildman–Crippen LogP) is 0.787. The van der Waals surface area contributed by atoms with Crippen molar-refractivity contribution in [2.24, 2.45) is 23.7 Å². The van der Waals surface area contributed by atoms with Crippen molar-refractivity contribution < 1.29 is 23.9 Å². The number of hydrogen-bond acceptors (Lipinski definition) is 5. The highest BCUT2D eigenvalue weighted by atomic mass is 16.5. The Kier molecular flexibility index (Phi) is 4.79. The molecule has 4 atom stereocenters. The molecule has 5 rings (SSSR count). The van der Waals surface area contributed by atoms with E-state index in [0.717, 1.165) is 6.42 Å². The third kappa shape index (κ3) is 3.21. The monoisotopic (exact) mass is 423 g/mol. The van der Waals surface area contributed by atoms with Gasteiger partial charge in [-0.2, -0.15) is 0 Å². The second-order valence-electron chi connectivity index (χ2n) is 8.66. The van der Waals surface area contributed by atoms with Crippen LogP contribution in [-0.4, -0.2) is 78.2 Å². The Bertz CT molecular complexity index is 934. The molecule has 2 aliphatic carbocycles. The average molecular weight is 423 g/mol. The molecule has 8 heteroatoms. The van der Waals surface area contributed by atoms with Crippen LogP contribution in [0.3, 0.4) is 0 Å². The first kappa shape index (κ1) is 19.8. The van der Waals surface area contributed by atoms with E-state index in [9.17, 15) is 19.2 Å². The molecule has 1 aromatic rings. The zero-order chi connectivity index (χ0) is 21.7. The Morgan fingerprint density at radius 2 is 1.45 bits per heavy atom. The van der Waals surface area contributed by atoms with Crippen molar-refractivity contribution in [2.45, 2.75) is 6.42 Å². The highest BCUT2D eigenvalue weighted by Crippen LogP contribution is 2.52. The van der Waals surface area contributed by atoms with Crippen LogP contribution in [0.5, 0.6) is 5.75 Å². The van der Waals surface area contributed by atoms with E-state index in [1.807, 2.05) is 12.2 Å². The Hall–Kier alpha value is -3.16. The van der Waals surface area contributed by atoms with Crippen molar-refractivity contribution in [1.29, 1.82) is 0 Å². The molecule has 2 saturated heterocycles. The van der Waals surface area contributed by atoms with Crippen LogP contribution in [0.1, 0.15) is 16.8 Å². The molecule has 4 amide bonds. The van der Waals surface area contributed by atoms with Crippen LogP contribution in [0.4, 0.5) is 0 Å². The fraction of sp³-hybridized carbons (Fsp3) is 0.478. The Morgan fingerprint density at radius 1 is 0.903 bits per heavy atom. The SMILES string of the molecule is COc1ccc(C(=O)N2CCN(C(=O)CN3C(=O)C4C5C=CC(C5)C4C3=O)CC2)cc1. The van der Waals surface area contributed by atoms with Gasteiger partial charge in [0.25, 0.3) is 5.91 Å². The first-order valence-electron chi connectivity index (χ1n) is 10.7. The highest BCUT2D eigenvalue weighted by molar-refractivity contribution is 6.08. The van der Waals surface area contributed by atoms with Gasteiger partial charge in [0.15, 0.2) is 0 Å². The van der Waals surface area contributed by atoms with Crippen molar-refractivity contribution in [3.8, 4) is 5.75 Å². The van der Waals surface area contributed by atoms with E-state index in [-0.39, 0.29) is 53.8 Å². The van der Waals surface area contributed by atoms with E-state index in [4.69, 9.17) is 4.74 Å². The molecule has 2 heterocycles. The molecule has 1 aromatic carbocycles. The molecule has 0 aromatic heterocycles. The first-order valence-corrected chi connectivity index (χ1v) is 10.7. The minimum atomic E-state index is -0.283. The molecule has 3 fully saturated rings. The lowest BCUT2D eigenvalue weighted by Crippen LogP contribution is -2.53. The second kappa shape index (κ2) is 7.51. The van der Waals surface area contributed by atoms with Crippen LogP contribution in [0.15, 0.2) is 36.4 Å². The smallest absolute Gasteiger partial charge is 0.253 e. The van der Waals surface area contributed by atoms with Gasteiger partial charge in [-0.3, -0.25) is 24.1 Å². The standard InChI is InChI=1S/C23H25N3O5/c1-31-17-6-4-14(5-7-17)21(28)25-10-8-24(9-11-25)18(27)13-26-22(29)19-15-2-3-16(12-15)20(19)23(26)30/h2-7,15-16,19-20H,8-13H2,1H3. The number of fused-ring (bicyclic) bond motifs is 5. The zero-order valence-electron chi connectivity index (χ0n) is 17.4. The molecule has 0 N–H and O–H groups in total. The Balaban J connectivity index is 1.17. The zero-order valence-corrected chi connectivity index (χ0v) is 17.4. The van der Waals surface area contributed by atoms with E-state index in [0.29, 0.717) is 37.5 Å². The summed E-state index contributed by atoms with van der Waals surface area (Å²) < 4.78 is 5.12. The lowest BCUT2D eigenvalue weighted by atomic mass is 9.85. The summed E-state index contributed by atoms with van der Waals surface area (Å²) in [4.78, 5) is 55.6. The van der Waals surface area contributed by atoms with Crippen molar-refractivity contribution in [2.75, 3.05) is 39.8 Å². The quantitative estimate of drug-likeness (QED) is 0.528. The number of hydrogen-bond donors (Lipinski definition) is 0. The maximum absolute atomic E-state index is 12.8. The lowest BCUT2D eigenvalue weighted by Gasteiger charge is -2.35. The molecule has 162 valence electrons. The predicted molar refractivity (Wildman–Crippen MR) is 110 cm³/mol. The van der Waals surface area contributed by atoms with Crippen LogP contribution in [0.25, 0.3) is 0 Å². The molecular weight excluding hydrogens is 398 g/mol. The summed E-state index contributed by atoms with van der Waals surface area (Å²) in [5.74, 6) is -0.330. The minimum Gasteiger partial charge on any atom is -0.497 e. The molecule has 0 radical (unpaired) electrons. The van der Waals surface area contributed by atoms with E-state index in [2.05, 4.69) is 0 Å². The maximum atomic E-state index is 12.8. The number of amides is 4. The summed E-state index contributed by atoms with van der Waals surface area (Å²) in [6.45, 7) is 1.40. The molecule has 2 aliphatic heterocycles. The van der Waals surface area contributed by atoms with Gasteiger partial charge < -0.3 is 14.5 Å². The summed E-state index contributed by atoms with van der Waals surface area (Å²) in [6, 6.07) is 6.94. The first-order chi connectivity index (χ1) is 15.0.